The number of benzene rings is 4. The van der Waals surface area contributed by atoms with E-state index >= 15 is 0 Å². The number of rotatable bonds is 8. The molecule has 0 bridgehead atoms. The molecule has 0 N–H and O–H groups in total. The molecule has 0 atom stereocenters. The smallest absolute Gasteiger partial charge is 0.108 e. The van der Waals surface area contributed by atoms with E-state index in [0.29, 0.717) is 0 Å². The number of anilines is 4. The Morgan fingerprint density at radius 2 is 0.459 bits per heavy atom. The quantitative estimate of drug-likeness (QED) is 0.351. The Morgan fingerprint density at radius 1 is 0.297 bits per heavy atom. The second-order valence-corrected chi connectivity index (χ2v) is 10.8. The van der Waals surface area contributed by atoms with Gasteiger partial charge in [0.1, 0.15) is 6.15 Å². The van der Waals surface area contributed by atoms with Gasteiger partial charge in [-0.1, -0.05) is 48.5 Å². The lowest BCUT2D eigenvalue weighted by Gasteiger charge is -2.45. The average molecular weight is 492 g/mol. The Balaban J connectivity index is 2.05. The maximum absolute atomic E-state index is 2.31. The van der Waals surface area contributed by atoms with E-state index in [-0.39, 0.29) is 0 Å². The predicted molar refractivity (Wildman–Crippen MR) is 167 cm³/mol. The van der Waals surface area contributed by atoms with Crippen molar-refractivity contribution in [3.8, 4) is 0 Å². The first-order valence-electron chi connectivity index (χ1n) is 12.9. The predicted octanol–water partition coefficient (Wildman–Crippen LogP) is 3.33. The van der Waals surface area contributed by atoms with E-state index in [9.17, 15) is 0 Å². The maximum Gasteiger partial charge on any atom is 0.108 e. The molecule has 0 unspecified atom stereocenters. The van der Waals surface area contributed by atoms with E-state index in [0.717, 1.165) is 0 Å². The second kappa shape index (κ2) is 10.6. The highest BCUT2D eigenvalue weighted by Gasteiger charge is 2.32. The van der Waals surface area contributed by atoms with Gasteiger partial charge in [0, 0.05) is 79.1 Å². The number of hydrogen-bond acceptors (Lipinski definition) is 4. The van der Waals surface area contributed by atoms with Crippen LogP contribution >= 0.6 is 0 Å². The van der Waals surface area contributed by atoms with Crippen molar-refractivity contribution in [2.75, 3.05) is 76.0 Å². The van der Waals surface area contributed by atoms with Gasteiger partial charge in [-0.3, -0.25) is 0 Å². The van der Waals surface area contributed by atoms with Gasteiger partial charge in [0.05, 0.1) is 0 Å². The highest BCUT2D eigenvalue weighted by Crippen LogP contribution is 2.19. The van der Waals surface area contributed by atoms with Crippen LogP contribution in [-0.4, -0.2) is 62.5 Å². The Morgan fingerprint density at radius 3 is 0.595 bits per heavy atom. The van der Waals surface area contributed by atoms with Crippen molar-refractivity contribution < 1.29 is 0 Å². The van der Waals surface area contributed by atoms with Crippen LogP contribution in [0.1, 0.15) is 0 Å². The molecule has 192 valence electrons. The fourth-order valence-electron chi connectivity index (χ4n) is 5.40. The van der Waals surface area contributed by atoms with Crippen LogP contribution in [0.4, 0.5) is 22.7 Å². The molecule has 37 heavy (non-hydrogen) atoms. The highest BCUT2D eigenvalue weighted by atomic mass is 15.1. The lowest BCUT2D eigenvalue weighted by atomic mass is 9.13. The molecule has 0 aliphatic rings. The molecule has 4 nitrogen and oxygen atoms in total. The summed E-state index contributed by atoms with van der Waals surface area (Å²) in [6, 6.07) is 36.4. The van der Waals surface area contributed by atoms with Crippen LogP contribution in [-0.2, 0) is 0 Å². The summed E-state index contributed by atoms with van der Waals surface area (Å²) in [5, 5.41) is 0. The summed E-state index contributed by atoms with van der Waals surface area (Å²) in [6.45, 7) is 0. The number of nitrogens with zero attached hydrogens (tertiary/aromatic N) is 4. The lowest BCUT2D eigenvalue weighted by molar-refractivity contribution is 1.13. The van der Waals surface area contributed by atoms with Crippen LogP contribution in [0.15, 0.2) is 97.1 Å². The van der Waals surface area contributed by atoms with Gasteiger partial charge in [0.25, 0.3) is 0 Å². The topological polar surface area (TPSA) is 13.0 Å². The molecule has 4 aromatic carbocycles. The van der Waals surface area contributed by atoms with Crippen LogP contribution in [0, 0.1) is 0 Å². The largest absolute Gasteiger partial charge is 0.378 e. The molecule has 4 rings (SSSR count). The normalized spacial score (nSPS) is 11.2. The van der Waals surface area contributed by atoms with Gasteiger partial charge in [0.2, 0.25) is 0 Å². The zero-order valence-corrected chi connectivity index (χ0v) is 23.6. The molecule has 0 fully saturated rings. The fourth-order valence-corrected chi connectivity index (χ4v) is 5.40. The average Bonchev–Trinajstić information content (AvgIpc) is 2.90. The van der Waals surface area contributed by atoms with Crippen molar-refractivity contribution in [3.05, 3.63) is 97.1 Å². The molecule has 0 aliphatic heterocycles. The summed E-state index contributed by atoms with van der Waals surface area (Å²) < 4.78 is 0. The summed E-state index contributed by atoms with van der Waals surface area (Å²) in [5.74, 6) is 0. The first-order chi connectivity index (χ1) is 17.6. The van der Waals surface area contributed by atoms with Gasteiger partial charge < -0.3 is 19.6 Å². The Bertz CT molecular complexity index is 1080. The van der Waals surface area contributed by atoms with Crippen LogP contribution in [0.25, 0.3) is 0 Å². The molecular formula is C32H40BN4-. The summed E-state index contributed by atoms with van der Waals surface area (Å²) in [4.78, 5) is 8.62. The van der Waals surface area contributed by atoms with Crippen LogP contribution in [0.5, 0.6) is 0 Å². The van der Waals surface area contributed by atoms with Crippen LogP contribution in [0.3, 0.4) is 0 Å². The second-order valence-electron chi connectivity index (χ2n) is 10.8. The van der Waals surface area contributed by atoms with Crippen LogP contribution in [0.2, 0.25) is 0 Å². The first-order valence-corrected chi connectivity index (χ1v) is 12.9. The van der Waals surface area contributed by atoms with Gasteiger partial charge in [-0.25, -0.2) is 0 Å². The molecule has 5 heteroatoms. The minimum atomic E-state index is -1.44. The first kappa shape index (κ1) is 26.2. The van der Waals surface area contributed by atoms with Gasteiger partial charge >= 0.3 is 0 Å². The van der Waals surface area contributed by atoms with Crippen molar-refractivity contribution in [2.45, 2.75) is 0 Å². The minimum Gasteiger partial charge on any atom is -0.378 e. The molecule has 0 aromatic heterocycles. The van der Waals surface area contributed by atoms with Crippen molar-refractivity contribution in [2.24, 2.45) is 0 Å². The zero-order chi connectivity index (χ0) is 26.7. The SMILES string of the molecule is CN(C)c1ccc([B-](c2ccc(N(C)C)cc2)(c2ccc(N(C)C)cc2)c2ccc(N(C)C)cc2)cc1. The van der Waals surface area contributed by atoms with Crippen molar-refractivity contribution in [1.82, 2.24) is 0 Å². The summed E-state index contributed by atoms with van der Waals surface area (Å²) >= 11 is 0. The van der Waals surface area contributed by atoms with Gasteiger partial charge in [-0.2, -0.15) is 21.9 Å². The van der Waals surface area contributed by atoms with E-state index in [2.05, 4.69) is 173 Å². The molecule has 0 aliphatic carbocycles. The highest BCUT2D eigenvalue weighted by molar-refractivity contribution is 7.19. The molecular weight excluding hydrogens is 451 g/mol. The molecule has 0 saturated carbocycles. The van der Waals surface area contributed by atoms with E-state index in [4.69, 9.17) is 0 Å². The molecule has 0 saturated heterocycles. The lowest BCUT2D eigenvalue weighted by Crippen LogP contribution is -2.74. The summed E-state index contributed by atoms with van der Waals surface area (Å²) in [7, 11) is 16.7. The minimum absolute atomic E-state index is 1.20. The zero-order valence-electron chi connectivity index (χ0n) is 23.6. The van der Waals surface area contributed by atoms with Crippen molar-refractivity contribution in [1.29, 1.82) is 0 Å². The molecule has 4 aromatic rings. The third kappa shape index (κ3) is 5.04. The Labute approximate surface area is 223 Å². The van der Waals surface area contributed by atoms with E-state index in [1.807, 2.05) is 0 Å². The van der Waals surface area contributed by atoms with Gasteiger partial charge in [-0.05, 0) is 48.5 Å². The van der Waals surface area contributed by atoms with Gasteiger partial charge in [0.15, 0.2) is 0 Å². The van der Waals surface area contributed by atoms with Crippen molar-refractivity contribution >= 4 is 50.7 Å². The van der Waals surface area contributed by atoms with E-state index in [1.54, 1.807) is 0 Å². The standard InChI is InChI=1S/C32H40BN4/c1-34(2)29-17-9-25(10-18-29)33(26-11-19-30(20-12-26)35(3)4,27-13-21-31(22-14-27)36(5)6)28-15-23-32(24-16-28)37(7)8/h9-24H,1-8H3/q-1. The summed E-state index contributed by atoms with van der Waals surface area (Å²) in [5.41, 5.74) is 10.0. The van der Waals surface area contributed by atoms with Crippen molar-refractivity contribution in [3.63, 3.8) is 0 Å². The third-order valence-electron chi connectivity index (χ3n) is 7.64. The Kier molecular flexibility index (Phi) is 7.54. The fraction of sp³-hybridized carbons (Fsp3) is 0.250. The molecule has 0 amide bonds. The van der Waals surface area contributed by atoms with Gasteiger partial charge in [-0.15, -0.1) is 0 Å². The van der Waals surface area contributed by atoms with Crippen LogP contribution < -0.4 is 41.5 Å². The summed E-state index contributed by atoms with van der Waals surface area (Å²) in [6.07, 6.45) is -1.44. The van der Waals surface area contributed by atoms with E-state index < -0.39 is 6.15 Å². The molecule has 0 heterocycles. The Hall–Kier alpha value is -3.86. The number of hydrogen-bond donors (Lipinski definition) is 0. The maximum atomic E-state index is 2.31. The molecule has 0 radical (unpaired) electrons. The van der Waals surface area contributed by atoms with E-state index in [1.165, 1.54) is 44.6 Å². The third-order valence-corrected chi connectivity index (χ3v) is 7.64. The monoisotopic (exact) mass is 491 g/mol. The molecule has 0 spiro atoms.